The van der Waals surface area contributed by atoms with Crippen LogP contribution < -0.4 is 5.32 Å². The zero-order valence-electron chi connectivity index (χ0n) is 13.7. The highest BCUT2D eigenvalue weighted by molar-refractivity contribution is 5.85. The topological polar surface area (TPSA) is 66.4 Å². The Morgan fingerprint density at radius 1 is 1.19 bits per heavy atom. The Morgan fingerprint density at radius 3 is 2.29 bits per heavy atom. The van der Waals surface area contributed by atoms with Crippen LogP contribution >= 0.6 is 0 Å². The first-order valence-electron chi connectivity index (χ1n) is 8.47. The van der Waals surface area contributed by atoms with Crippen molar-refractivity contribution in [2.45, 2.75) is 78.2 Å². The van der Waals surface area contributed by atoms with E-state index in [1.165, 1.54) is 19.3 Å². The maximum atomic E-state index is 12.2. The summed E-state index contributed by atoms with van der Waals surface area (Å²) in [6.45, 7) is 6.15. The third-order valence-electron chi connectivity index (χ3n) is 4.51. The smallest absolute Gasteiger partial charge is 0.326 e. The molecule has 1 amide bonds. The summed E-state index contributed by atoms with van der Waals surface area (Å²) in [4.78, 5) is 23.4. The summed E-state index contributed by atoms with van der Waals surface area (Å²) in [6, 6.07) is -0.740. The first kappa shape index (κ1) is 18.0. The minimum atomic E-state index is -0.923. The van der Waals surface area contributed by atoms with Gasteiger partial charge in [-0.2, -0.15) is 0 Å². The Hall–Kier alpha value is -1.06. The van der Waals surface area contributed by atoms with E-state index in [9.17, 15) is 14.7 Å². The Labute approximate surface area is 128 Å². The molecule has 122 valence electrons. The van der Waals surface area contributed by atoms with Gasteiger partial charge in [0.05, 0.1) is 0 Å². The molecule has 0 heterocycles. The van der Waals surface area contributed by atoms with Crippen LogP contribution in [0.3, 0.4) is 0 Å². The van der Waals surface area contributed by atoms with Gasteiger partial charge in [0.1, 0.15) is 6.04 Å². The van der Waals surface area contributed by atoms with E-state index in [0.717, 1.165) is 31.6 Å². The summed E-state index contributed by atoms with van der Waals surface area (Å²) >= 11 is 0. The summed E-state index contributed by atoms with van der Waals surface area (Å²) in [5.74, 6) is 0.0543. The van der Waals surface area contributed by atoms with Crippen LogP contribution in [0.5, 0.6) is 0 Å². The van der Waals surface area contributed by atoms with Crippen LogP contribution in [0.1, 0.15) is 72.1 Å². The average molecular weight is 297 g/mol. The van der Waals surface area contributed by atoms with E-state index in [-0.39, 0.29) is 17.7 Å². The second kappa shape index (κ2) is 9.06. The van der Waals surface area contributed by atoms with E-state index in [0.29, 0.717) is 6.42 Å². The lowest BCUT2D eigenvalue weighted by Crippen LogP contribution is -2.45. The van der Waals surface area contributed by atoms with Crippen LogP contribution in [-0.4, -0.2) is 23.0 Å². The molecule has 2 N–H and O–H groups in total. The van der Waals surface area contributed by atoms with Gasteiger partial charge in [-0.05, 0) is 43.9 Å². The zero-order valence-corrected chi connectivity index (χ0v) is 13.7. The Balaban J connectivity index is 2.40. The molecule has 1 saturated carbocycles. The van der Waals surface area contributed by atoms with Crippen LogP contribution in [0.25, 0.3) is 0 Å². The minimum Gasteiger partial charge on any atom is -0.480 e. The molecule has 1 rings (SSSR count). The van der Waals surface area contributed by atoms with Crippen LogP contribution in [0.4, 0.5) is 0 Å². The van der Waals surface area contributed by atoms with Crippen molar-refractivity contribution in [3.8, 4) is 0 Å². The molecule has 0 aromatic heterocycles. The number of nitrogens with one attached hydrogen (secondary N) is 1. The largest absolute Gasteiger partial charge is 0.480 e. The predicted octanol–water partition coefficient (Wildman–Crippen LogP) is 3.60. The fraction of sp³-hybridized carbons (Fsp3) is 0.882. The van der Waals surface area contributed by atoms with E-state index in [1.54, 1.807) is 0 Å². The summed E-state index contributed by atoms with van der Waals surface area (Å²) < 4.78 is 0. The Kier molecular flexibility index (Phi) is 7.76. The van der Waals surface area contributed by atoms with Crippen molar-refractivity contribution in [1.29, 1.82) is 0 Å². The van der Waals surface area contributed by atoms with E-state index < -0.39 is 12.0 Å². The zero-order chi connectivity index (χ0) is 15.8. The van der Waals surface area contributed by atoms with Crippen molar-refractivity contribution in [1.82, 2.24) is 5.32 Å². The lowest BCUT2D eigenvalue weighted by molar-refractivity contribution is -0.143. The van der Waals surface area contributed by atoms with Gasteiger partial charge in [0, 0.05) is 5.92 Å². The first-order valence-corrected chi connectivity index (χ1v) is 8.47. The van der Waals surface area contributed by atoms with Crippen LogP contribution in [0, 0.1) is 17.8 Å². The molecule has 0 aromatic carbocycles. The van der Waals surface area contributed by atoms with Gasteiger partial charge >= 0.3 is 5.97 Å². The van der Waals surface area contributed by atoms with Gasteiger partial charge in [-0.3, -0.25) is 4.79 Å². The number of aliphatic carboxylic acids is 1. The average Bonchev–Trinajstić information content (AvgIpc) is 2.44. The number of rotatable bonds is 8. The maximum Gasteiger partial charge on any atom is 0.326 e. The Morgan fingerprint density at radius 2 is 1.81 bits per heavy atom. The van der Waals surface area contributed by atoms with Crippen molar-refractivity contribution in [3.63, 3.8) is 0 Å². The van der Waals surface area contributed by atoms with Gasteiger partial charge in [-0.1, -0.05) is 40.0 Å². The van der Waals surface area contributed by atoms with Crippen LogP contribution in [0.15, 0.2) is 0 Å². The molecule has 1 fully saturated rings. The fourth-order valence-corrected chi connectivity index (χ4v) is 3.19. The molecule has 4 nitrogen and oxygen atoms in total. The van der Waals surface area contributed by atoms with E-state index in [2.05, 4.69) is 12.2 Å². The standard InChI is InChI=1S/C17H31NO3/c1-4-5-6-13-7-9-14(10-8-13)16(19)18-15(17(20)21)11-12(2)3/h12-15H,4-11H2,1-3H3,(H,18,19)(H,20,21)/t13?,14?,15-/m1/s1. The summed E-state index contributed by atoms with van der Waals surface area (Å²) in [6.07, 6.45) is 8.32. The first-order chi connectivity index (χ1) is 9.93. The monoisotopic (exact) mass is 297 g/mol. The second-order valence-electron chi connectivity index (χ2n) is 6.89. The van der Waals surface area contributed by atoms with Crippen molar-refractivity contribution in [2.24, 2.45) is 17.8 Å². The molecular weight excluding hydrogens is 266 g/mol. The maximum absolute atomic E-state index is 12.2. The molecule has 1 aliphatic carbocycles. The SMILES string of the molecule is CCCCC1CCC(C(=O)N[C@H](CC(C)C)C(=O)O)CC1. The number of hydrogen-bond acceptors (Lipinski definition) is 2. The van der Waals surface area contributed by atoms with Gasteiger partial charge in [-0.25, -0.2) is 4.79 Å². The molecule has 4 heteroatoms. The van der Waals surface area contributed by atoms with Crippen molar-refractivity contribution >= 4 is 11.9 Å². The van der Waals surface area contributed by atoms with Gasteiger partial charge < -0.3 is 10.4 Å². The summed E-state index contributed by atoms with van der Waals surface area (Å²) in [7, 11) is 0. The molecule has 0 aromatic rings. The quantitative estimate of drug-likeness (QED) is 0.719. The molecule has 0 unspecified atom stereocenters. The van der Waals surface area contributed by atoms with Gasteiger partial charge in [0.25, 0.3) is 0 Å². The molecule has 1 atom stereocenters. The normalized spacial score (nSPS) is 23.8. The number of carbonyl (C=O) groups excluding carboxylic acids is 1. The highest BCUT2D eigenvalue weighted by atomic mass is 16.4. The highest BCUT2D eigenvalue weighted by Gasteiger charge is 2.29. The van der Waals surface area contributed by atoms with E-state index in [4.69, 9.17) is 0 Å². The number of amides is 1. The van der Waals surface area contributed by atoms with Gasteiger partial charge in [0.2, 0.25) is 5.91 Å². The fourth-order valence-electron chi connectivity index (χ4n) is 3.19. The number of unbranched alkanes of at least 4 members (excludes halogenated alkanes) is 1. The summed E-state index contributed by atoms with van der Waals surface area (Å²) in [5.41, 5.74) is 0. The van der Waals surface area contributed by atoms with E-state index >= 15 is 0 Å². The van der Waals surface area contributed by atoms with Gasteiger partial charge in [0.15, 0.2) is 0 Å². The molecule has 1 aliphatic rings. The molecule has 0 spiro atoms. The summed E-state index contributed by atoms with van der Waals surface area (Å²) in [5, 5.41) is 11.9. The lowest BCUT2D eigenvalue weighted by Gasteiger charge is -2.28. The van der Waals surface area contributed by atoms with Gasteiger partial charge in [-0.15, -0.1) is 0 Å². The lowest BCUT2D eigenvalue weighted by atomic mass is 9.79. The minimum absolute atomic E-state index is 0.0110. The van der Waals surface area contributed by atoms with Crippen LogP contribution in [-0.2, 0) is 9.59 Å². The number of carboxylic acids is 1. The molecule has 0 radical (unpaired) electrons. The van der Waals surface area contributed by atoms with Crippen molar-refractivity contribution < 1.29 is 14.7 Å². The third kappa shape index (κ3) is 6.49. The molecular formula is C17H31NO3. The van der Waals surface area contributed by atoms with E-state index in [1.807, 2.05) is 13.8 Å². The number of hydrogen-bond donors (Lipinski definition) is 2. The third-order valence-corrected chi connectivity index (χ3v) is 4.51. The Bertz CT molecular complexity index is 333. The molecule has 21 heavy (non-hydrogen) atoms. The highest BCUT2D eigenvalue weighted by Crippen LogP contribution is 2.32. The number of carboxylic acid groups (broad SMARTS) is 1. The van der Waals surface area contributed by atoms with Crippen molar-refractivity contribution in [2.75, 3.05) is 0 Å². The second-order valence-corrected chi connectivity index (χ2v) is 6.89. The van der Waals surface area contributed by atoms with Crippen LogP contribution in [0.2, 0.25) is 0 Å². The number of carbonyl (C=O) groups is 2. The van der Waals surface area contributed by atoms with Crippen molar-refractivity contribution in [3.05, 3.63) is 0 Å². The molecule has 0 aliphatic heterocycles. The molecule has 0 bridgehead atoms. The molecule has 0 saturated heterocycles. The predicted molar refractivity (Wildman–Crippen MR) is 84.0 cm³/mol.